The Morgan fingerprint density at radius 1 is 1.02 bits per heavy atom. The Morgan fingerprint density at radius 2 is 1.63 bits per heavy atom. The van der Waals surface area contributed by atoms with E-state index in [1.54, 1.807) is 4.90 Å². The maximum atomic E-state index is 12.4. The van der Waals surface area contributed by atoms with Crippen LogP contribution in [0.3, 0.4) is 0 Å². The lowest BCUT2D eigenvalue weighted by Crippen LogP contribution is -2.50. The molecule has 0 bridgehead atoms. The summed E-state index contributed by atoms with van der Waals surface area (Å²) in [6.07, 6.45) is 1.92. The first kappa shape index (κ1) is 32.3. The van der Waals surface area contributed by atoms with Gasteiger partial charge in [-0.15, -0.1) is 0 Å². The van der Waals surface area contributed by atoms with Gasteiger partial charge in [-0.3, -0.25) is 4.72 Å². The monoisotopic (exact) mass is 591 g/mol. The lowest BCUT2D eigenvalue weighted by Gasteiger charge is -2.36. The van der Waals surface area contributed by atoms with Crippen LogP contribution in [0.4, 0.5) is 22.4 Å². The van der Waals surface area contributed by atoms with Crippen LogP contribution in [-0.2, 0) is 21.2 Å². The smallest absolute Gasteiger partial charge is 0.410 e. The first-order valence-corrected chi connectivity index (χ1v) is 15.9. The Morgan fingerprint density at radius 3 is 2.17 bits per heavy atom. The van der Waals surface area contributed by atoms with Gasteiger partial charge in [0.25, 0.3) is 0 Å². The molecule has 3 rings (SSSR count). The highest BCUT2D eigenvalue weighted by atomic mass is 32.2. The van der Waals surface area contributed by atoms with Gasteiger partial charge in [-0.25, -0.2) is 13.2 Å². The molecule has 2 atom stereocenters. The number of nitrogens with one attached hydrogen (secondary N) is 2. The molecule has 2 heterocycles. The van der Waals surface area contributed by atoms with E-state index in [0.29, 0.717) is 37.7 Å². The zero-order chi connectivity index (χ0) is 30.4. The molecule has 3 N–H and O–H groups in total. The average molecular weight is 592 g/mol. The fourth-order valence-electron chi connectivity index (χ4n) is 4.60. The van der Waals surface area contributed by atoms with E-state index < -0.39 is 15.6 Å². The van der Waals surface area contributed by atoms with E-state index in [0.717, 1.165) is 30.6 Å². The summed E-state index contributed by atoms with van der Waals surface area (Å²) in [6.45, 7) is 14.3. The van der Waals surface area contributed by atoms with Crippen molar-refractivity contribution in [3.05, 3.63) is 35.7 Å². The van der Waals surface area contributed by atoms with Crippen molar-refractivity contribution in [1.29, 1.82) is 0 Å². The van der Waals surface area contributed by atoms with Gasteiger partial charge in [0.1, 0.15) is 11.4 Å². The van der Waals surface area contributed by atoms with Crippen molar-refractivity contribution in [2.24, 2.45) is 5.92 Å². The third-order valence-corrected chi connectivity index (χ3v) is 7.07. The Labute approximate surface area is 244 Å². The second-order valence-corrected chi connectivity index (χ2v) is 13.8. The maximum absolute atomic E-state index is 12.4. The van der Waals surface area contributed by atoms with E-state index in [4.69, 9.17) is 4.74 Å². The summed E-state index contributed by atoms with van der Waals surface area (Å²) in [5, 5.41) is 12.9. The predicted octanol–water partition coefficient (Wildman–Crippen LogP) is 3.47. The first-order chi connectivity index (χ1) is 19.1. The van der Waals surface area contributed by atoms with Gasteiger partial charge >= 0.3 is 6.09 Å². The number of aliphatic hydroxyl groups excluding tert-OH is 1. The lowest BCUT2D eigenvalue weighted by atomic mass is 9.97. The van der Waals surface area contributed by atoms with Crippen LogP contribution in [0.2, 0.25) is 0 Å². The minimum absolute atomic E-state index is 0.0405. The molecule has 41 heavy (non-hydrogen) atoms. The number of aliphatic hydroxyl groups is 1. The number of anilines is 3. The van der Waals surface area contributed by atoms with Crippen molar-refractivity contribution in [1.82, 2.24) is 19.9 Å². The van der Waals surface area contributed by atoms with E-state index in [9.17, 15) is 18.3 Å². The van der Waals surface area contributed by atoms with Gasteiger partial charge in [0, 0.05) is 38.3 Å². The molecule has 228 valence electrons. The number of aromatic nitrogens is 3. The number of sulfonamides is 1. The number of carbonyl (C=O) groups is 1. The summed E-state index contributed by atoms with van der Waals surface area (Å²) < 4.78 is 31.5. The molecule has 2 aromatic rings. The Kier molecular flexibility index (Phi) is 10.8. The van der Waals surface area contributed by atoms with Crippen molar-refractivity contribution in [2.45, 2.75) is 71.9 Å². The highest BCUT2D eigenvalue weighted by Gasteiger charge is 2.26. The number of carbonyl (C=O) groups excluding carboxylic acids is 1. The molecule has 1 saturated heterocycles. The van der Waals surface area contributed by atoms with Crippen molar-refractivity contribution in [3.63, 3.8) is 0 Å². The molecule has 1 aromatic heterocycles. The number of piperazine rings is 1. The highest BCUT2D eigenvalue weighted by Crippen LogP contribution is 2.25. The van der Waals surface area contributed by atoms with Gasteiger partial charge in [0.15, 0.2) is 0 Å². The molecular formula is C28H45N7O5S. The topological polar surface area (TPSA) is 150 Å². The summed E-state index contributed by atoms with van der Waals surface area (Å²) in [5.41, 5.74) is 1.65. The van der Waals surface area contributed by atoms with E-state index in [1.165, 1.54) is 0 Å². The van der Waals surface area contributed by atoms with E-state index in [1.807, 2.05) is 20.8 Å². The molecule has 12 nitrogen and oxygen atoms in total. The number of nitrogens with zero attached hydrogens (tertiary/aromatic N) is 5. The lowest BCUT2D eigenvalue weighted by molar-refractivity contribution is 0.0240. The molecule has 13 heteroatoms. The van der Waals surface area contributed by atoms with Gasteiger partial charge in [-0.05, 0) is 56.7 Å². The van der Waals surface area contributed by atoms with Gasteiger partial charge < -0.3 is 25.0 Å². The molecule has 0 spiro atoms. The number of hydrogen-bond acceptors (Lipinski definition) is 10. The summed E-state index contributed by atoms with van der Waals surface area (Å²) in [6, 6.07) is 8.02. The van der Waals surface area contributed by atoms with Gasteiger partial charge in [0.05, 0.1) is 18.9 Å². The minimum Gasteiger partial charge on any atom is -0.444 e. The van der Waals surface area contributed by atoms with Gasteiger partial charge in [0.2, 0.25) is 21.9 Å². The zero-order valence-corrected chi connectivity index (χ0v) is 26.0. The van der Waals surface area contributed by atoms with Crippen molar-refractivity contribution >= 4 is 33.7 Å². The molecule has 1 fully saturated rings. The third-order valence-electron chi connectivity index (χ3n) is 6.52. The van der Waals surface area contributed by atoms with Crippen LogP contribution in [-0.4, -0.2) is 90.2 Å². The first-order valence-electron chi connectivity index (χ1n) is 14.0. The van der Waals surface area contributed by atoms with Crippen molar-refractivity contribution < 1.29 is 23.1 Å². The third kappa shape index (κ3) is 10.6. The second kappa shape index (κ2) is 13.6. The zero-order valence-electron chi connectivity index (χ0n) is 25.2. The van der Waals surface area contributed by atoms with Gasteiger partial charge in [-0.2, -0.15) is 15.0 Å². The van der Waals surface area contributed by atoms with Crippen LogP contribution in [0.1, 0.15) is 65.3 Å². The number of amides is 1. The summed E-state index contributed by atoms with van der Waals surface area (Å²) >= 11 is 0. The van der Waals surface area contributed by atoms with E-state index in [2.05, 4.69) is 74.9 Å². The fraction of sp³-hybridized carbons (Fsp3) is 0.643. The number of hydrogen-bond donors (Lipinski definition) is 3. The van der Waals surface area contributed by atoms with Crippen LogP contribution in [0, 0.1) is 5.92 Å². The van der Waals surface area contributed by atoms with Crippen molar-refractivity contribution in [2.75, 3.05) is 54.0 Å². The van der Waals surface area contributed by atoms with E-state index >= 15 is 0 Å². The maximum Gasteiger partial charge on any atom is 0.410 e. The van der Waals surface area contributed by atoms with Crippen LogP contribution >= 0.6 is 0 Å². The average Bonchev–Trinajstić information content (AvgIpc) is 2.86. The molecule has 1 aromatic carbocycles. The minimum atomic E-state index is -3.59. The molecule has 0 radical (unpaired) electrons. The molecule has 0 saturated carbocycles. The quantitative estimate of drug-likeness (QED) is 0.354. The Balaban J connectivity index is 1.68. The van der Waals surface area contributed by atoms with Crippen LogP contribution < -0.4 is 14.9 Å². The van der Waals surface area contributed by atoms with Crippen molar-refractivity contribution in [3.8, 4) is 0 Å². The summed E-state index contributed by atoms with van der Waals surface area (Å²) in [7, 11) is -3.59. The predicted molar refractivity (Wildman–Crippen MR) is 161 cm³/mol. The molecule has 1 aliphatic rings. The molecule has 1 aliphatic heterocycles. The number of rotatable bonds is 11. The fourth-order valence-corrected chi connectivity index (χ4v) is 5.02. The second-order valence-electron chi connectivity index (χ2n) is 12.1. The van der Waals surface area contributed by atoms with Crippen LogP contribution in [0.5, 0.6) is 0 Å². The summed E-state index contributed by atoms with van der Waals surface area (Å²) in [5.74, 6) is 0.970. The standard InChI is InChI=1S/C28H45N7O5S/c1-19(2)16-22(18-36)29-25-30-24(31-26(32-25)33-41(7,38)39)17-20(3)21-8-10-23(11-9-21)34-12-14-35(15-13-34)27(37)40-28(4,5)6/h8-11,19-20,22,36H,12-18H2,1-7H3,(H2,29,30,31,32,33). The normalized spacial score (nSPS) is 15.9. The highest BCUT2D eigenvalue weighted by molar-refractivity contribution is 7.91. The number of ether oxygens (including phenoxy) is 1. The molecule has 2 unspecified atom stereocenters. The molecule has 0 aliphatic carbocycles. The largest absolute Gasteiger partial charge is 0.444 e. The SMILES string of the molecule is CC(C)CC(CO)Nc1nc(CC(C)c2ccc(N3CCN(C(=O)OC(C)(C)C)CC3)cc2)nc(NS(C)(=O)=O)n1. The van der Waals surface area contributed by atoms with Crippen LogP contribution in [0.25, 0.3) is 0 Å². The van der Waals surface area contributed by atoms with Crippen LogP contribution in [0.15, 0.2) is 24.3 Å². The Bertz CT molecular complexity index is 1260. The van der Waals surface area contributed by atoms with Gasteiger partial charge in [-0.1, -0.05) is 32.9 Å². The summed E-state index contributed by atoms with van der Waals surface area (Å²) in [4.78, 5) is 29.5. The Hall–Kier alpha value is -3.19. The van der Waals surface area contributed by atoms with E-state index in [-0.39, 0.29) is 36.6 Å². The molecular weight excluding hydrogens is 546 g/mol. The number of benzene rings is 1. The molecule has 1 amide bonds.